The molecule has 4 heteroatoms. The maximum absolute atomic E-state index is 5.67. The molecule has 18 heavy (non-hydrogen) atoms. The highest BCUT2D eigenvalue weighted by molar-refractivity contribution is 5.40. The van der Waals surface area contributed by atoms with Gasteiger partial charge < -0.3 is 15.2 Å². The van der Waals surface area contributed by atoms with Crippen molar-refractivity contribution >= 4 is 0 Å². The molecule has 1 aromatic carbocycles. The predicted molar refractivity (Wildman–Crippen MR) is 69.9 cm³/mol. The first-order valence-electron chi connectivity index (χ1n) is 5.70. The lowest BCUT2D eigenvalue weighted by atomic mass is 10.2. The van der Waals surface area contributed by atoms with Crippen LogP contribution in [0.25, 0.3) is 0 Å². The van der Waals surface area contributed by atoms with Crippen molar-refractivity contribution in [1.29, 1.82) is 0 Å². The van der Waals surface area contributed by atoms with E-state index >= 15 is 0 Å². The van der Waals surface area contributed by atoms with Gasteiger partial charge in [-0.3, -0.25) is 0 Å². The summed E-state index contributed by atoms with van der Waals surface area (Å²) in [5, 5.41) is 0. The van der Waals surface area contributed by atoms with Gasteiger partial charge in [0.2, 0.25) is 5.88 Å². The first-order valence-corrected chi connectivity index (χ1v) is 5.70. The fraction of sp³-hybridized carbons (Fsp3) is 0.214. The molecule has 0 radical (unpaired) electrons. The average Bonchev–Trinajstić information content (AvgIpc) is 2.41. The molecule has 4 nitrogen and oxygen atoms in total. The van der Waals surface area contributed by atoms with Crippen molar-refractivity contribution in [2.24, 2.45) is 5.73 Å². The maximum Gasteiger partial charge on any atom is 0.219 e. The van der Waals surface area contributed by atoms with Crippen molar-refractivity contribution in [2.45, 2.75) is 13.5 Å². The van der Waals surface area contributed by atoms with E-state index in [1.807, 2.05) is 31.2 Å². The summed E-state index contributed by atoms with van der Waals surface area (Å²) in [6.45, 7) is 2.42. The zero-order chi connectivity index (χ0) is 13.0. The average molecular weight is 244 g/mol. The second kappa shape index (κ2) is 5.51. The Morgan fingerprint density at radius 3 is 2.56 bits per heavy atom. The number of nitrogens with zero attached hydrogens (tertiary/aromatic N) is 1. The van der Waals surface area contributed by atoms with Crippen LogP contribution in [0.1, 0.15) is 11.1 Å². The Labute approximate surface area is 106 Å². The normalized spacial score (nSPS) is 10.2. The first-order chi connectivity index (χ1) is 8.71. The van der Waals surface area contributed by atoms with Gasteiger partial charge in [0.25, 0.3) is 0 Å². The highest BCUT2D eigenvalue weighted by Crippen LogP contribution is 2.26. The van der Waals surface area contributed by atoms with E-state index in [0.717, 1.165) is 16.9 Å². The van der Waals surface area contributed by atoms with E-state index < -0.39 is 0 Å². The van der Waals surface area contributed by atoms with Gasteiger partial charge in [-0.1, -0.05) is 6.07 Å². The van der Waals surface area contributed by atoms with Crippen LogP contribution in [0.4, 0.5) is 0 Å². The number of pyridine rings is 1. The molecular weight excluding hydrogens is 228 g/mol. The topological polar surface area (TPSA) is 57.4 Å². The van der Waals surface area contributed by atoms with Gasteiger partial charge in [-0.05, 0) is 30.2 Å². The summed E-state index contributed by atoms with van der Waals surface area (Å²) in [6.07, 6.45) is 1.76. The quantitative estimate of drug-likeness (QED) is 0.898. The summed E-state index contributed by atoms with van der Waals surface area (Å²) < 4.78 is 10.9. The molecule has 0 spiro atoms. The fourth-order valence-electron chi connectivity index (χ4n) is 1.56. The number of aryl methyl sites for hydroxylation is 1. The highest BCUT2D eigenvalue weighted by atomic mass is 16.5. The smallest absolute Gasteiger partial charge is 0.219 e. The molecule has 0 saturated heterocycles. The Morgan fingerprint density at radius 1 is 1.17 bits per heavy atom. The van der Waals surface area contributed by atoms with Crippen molar-refractivity contribution in [2.75, 3.05) is 7.11 Å². The molecular formula is C14H16N2O2. The lowest BCUT2D eigenvalue weighted by Gasteiger charge is -2.09. The third kappa shape index (κ3) is 2.99. The van der Waals surface area contributed by atoms with Crippen molar-refractivity contribution < 1.29 is 9.47 Å². The number of aromatic nitrogens is 1. The molecule has 0 unspecified atom stereocenters. The maximum atomic E-state index is 5.67. The SMILES string of the molecule is COc1cc(CN)cc(Oc2ccc(C)cn2)c1. The van der Waals surface area contributed by atoms with Gasteiger partial charge in [0.1, 0.15) is 11.5 Å². The molecule has 1 heterocycles. The number of rotatable bonds is 4. The summed E-state index contributed by atoms with van der Waals surface area (Å²) in [6, 6.07) is 9.35. The van der Waals surface area contributed by atoms with Gasteiger partial charge in [0.05, 0.1) is 7.11 Å². The number of benzene rings is 1. The molecule has 0 aliphatic heterocycles. The van der Waals surface area contributed by atoms with Gasteiger partial charge in [0.15, 0.2) is 0 Å². The molecule has 0 amide bonds. The minimum Gasteiger partial charge on any atom is -0.497 e. The van der Waals surface area contributed by atoms with E-state index in [1.54, 1.807) is 19.4 Å². The first kappa shape index (κ1) is 12.4. The standard InChI is InChI=1S/C14H16N2O2/c1-10-3-4-14(16-9-10)18-13-6-11(8-15)5-12(7-13)17-2/h3-7,9H,8,15H2,1-2H3. The summed E-state index contributed by atoms with van der Waals surface area (Å²) in [5.41, 5.74) is 7.68. The number of hydrogen-bond acceptors (Lipinski definition) is 4. The lowest BCUT2D eigenvalue weighted by Crippen LogP contribution is -1.98. The summed E-state index contributed by atoms with van der Waals surface area (Å²) in [5.74, 6) is 1.95. The molecule has 2 aromatic rings. The summed E-state index contributed by atoms with van der Waals surface area (Å²) in [4.78, 5) is 4.19. The van der Waals surface area contributed by atoms with Gasteiger partial charge in [-0.15, -0.1) is 0 Å². The molecule has 94 valence electrons. The van der Waals surface area contributed by atoms with Crippen LogP contribution in [0.3, 0.4) is 0 Å². The molecule has 0 aliphatic carbocycles. The third-order valence-corrected chi connectivity index (χ3v) is 2.52. The molecule has 1 aromatic heterocycles. The largest absolute Gasteiger partial charge is 0.497 e. The van der Waals surface area contributed by atoms with Gasteiger partial charge in [0, 0.05) is 24.9 Å². The Bertz CT molecular complexity index is 502. The molecule has 0 aliphatic rings. The lowest BCUT2D eigenvalue weighted by molar-refractivity contribution is 0.406. The van der Waals surface area contributed by atoms with Gasteiger partial charge in [-0.2, -0.15) is 0 Å². The molecule has 0 saturated carbocycles. The van der Waals surface area contributed by atoms with Gasteiger partial charge in [-0.25, -0.2) is 4.98 Å². The Balaban J connectivity index is 2.25. The summed E-state index contributed by atoms with van der Waals surface area (Å²) >= 11 is 0. The molecule has 2 rings (SSSR count). The van der Waals surface area contributed by atoms with Crippen LogP contribution >= 0.6 is 0 Å². The van der Waals surface area contributed by atoms with Crippen LogP contribution in [-0.4, -0.2) is 12.1 Å². The Kier molecular flexibility index (Phi) is 3.79. The van der Waals surface area contributed by atoms with Crippen LogP contribution in [-0.2, 0) is 6.54 Å². The molecule has 0 fully saturated rings. The van der Waals surface area contributed by atoms with Crippen LogP contribution in [0.15, 0.2) is 36.5 Å². The predicted octanol–water partition coefficient (Wildman–Crippen LogP) is 2.65. The minimum atomic E-state index is 0.439. The van der Waals surface area contributed by atoms with Crippen LogP contribution < -0.4 is 15.2 Å². The zero-order valence-electron chi connectivity index (χ0n) is 10.5. The summed E-state index contributed by atoms with van der Waals surface area (Å²) in [7, 11) is 1.61. The second-order valence-corrected chi connectivity index (χ2v) is 4.00. The minimum absolute atomic E-state index is 0.439. The van der Waals surface area contributed by atoms with Crippen molar-refractivity contribution in [3.63, 3.8) is 0 Å². The Morgan fingerprint density at radius 2 is 1.94 bits per heavy atom. The molecule has 2 N–H and O–H groups in total. The van der Waals surface area contributed by atoms with E-state index in [0.29, 0.717) is 18.2 Å². The van der Waals surface area contributed by atoms with Crippen molar-refractivity contribution in [1.82, 2.24) is 4.98 Å². The van der Waals surface area contributed by atoms with E-state index in [2.05, 4.69) is 4.98 Å². The van der Waals surface area contributed by atoms with Crippen molar-refractivity contribution in [3.05, 3.63) is 47.7 Å². The number of ether oxygens (including phenoxy) is 2. The number of hydrogen-bond donors (Lipinski definition) is 1. The van der Waals surface area contributed by atoms with E-state index in [-0.39, 0.29) is 0 Å². The Hall–Kier alpha value is -2.07. The van der Waals surface area contributed by atoms with Crippen LogP contribution in [0.2, 0.25) is 0 Å². The van der Waals surface area contributed by atoms with Crippen molar-refractivity contribution in [3.8, 4) is 17.4 Å². The molecule has 0 atom stereocenters. The van der Waals surface area contributed by atoms with E-state index in [1.165, 1.54) is 0 Å². The number of nitrogens with two attached hydrogens (primary N) is 1. The number of methoxy groups -OCH3 is 1. The van der Waals surface area contributed by atoms with Crippen LogP contribution in [0, 0.1) is 6.92 Å². The fourth-order valence-corrected chi connectivity index (χ4v) is 1.56. The zero-order valence-corrected chi connectivity index (χ0v) is 10.5. The van der Waals surface area contributed by atoms with E-state index in [4.69, 9.17) is 15.2 Å². The molecule has 0 bridgehead atoms. The highest BCUT2D eigenvalue weighted by Gasteiger charge is 2.03. The van der Waals surface area contributed by atoms with Gasteiger partial charge >= 0.3 is 0 Å². The second-order valence-electron chi connectivity index (χ2n) is 4.00. The third-order valence-electron chi connectivity index (χ3n) is 2.52. The van der Waals surface area contributed by atoms with Crippen LogP contribution in [0.5, 0.6) is 17.4 Å². The van der Waals surface area contributed by atoms with E-state index in [9.17, 15) is 0 Å². The monoisotopic (exact) mass is 244 g/mol.